The Morgan fingerprint density at radius 2 is 1.86 bits per heavy atom. The maximum atomic E-state index is 11.3. The Labute approximate surface area is 86.7 Å². The maximum absolute atomic E-state index is 11.3. The van der Waals surface area contributed by atoms with Gasteiger partial charge in [0.1, 0.15) is 5.60 Å². The predicted molar refractivity (Wildman–Crippen MR) is 57.7 cm³/mol. The fraction of sp³-hybridized carbons (Fsp3) is 0.909. The molecule has 0 radical (unpaired) electrons. The predicted octanol–water partition coefficient (Wildman–Crippen LogP) is 1.69. The third-order valence-electron chi connectivity index (χ3n) is 2.96. The molecule has 1 amide bonds. The highest BCUT2D eigenvalue weighted by Crippen LogP contribution is 2.39. The molecule has 0 aliphatic rings. The molecule has 3 nitrogen and oxygen atoms in total. The molecule has 84 valence electrons. The molecule has 0 saturated carbocycles. The van der Waals surface area contributed by atoms with Crippen molar-refractivity contribution >= 4 is 5.91 Å². The van der Waals surface area contributed by atoms with Crippen LogP contribution in [0.1, 0.15) is 47.5 Å². The number of carbonyl (C=O) groups is 1. The van der Waals surface area contributed by atoms with Crippen LogP contribution in [0.2, 0.25) is 0 Å². The van der Waals surface area contributed by atoms with Gasteiger partial charge in [0.15, 0.2) is 0 Å². The lowest BCUT2D eigenvalue weighted by molar-refractivity contribution is -0.152. The van der Waals surface area contributed by atoms with Crippen LogP contribution in [0, 0.1) is 11.3 Å². The van der Waals surface area contributed by atoms with Crippen LogP contribution in [-0.2, 0) is 4.79 Å². The van der Waals surface area contributed by atoms with Crippen LogP contribution in [-0.4, -0.2) is 16.6 Å². The smallest absolute Gasteiger partial charge is 0.249 e. The highest BCUT2D eigenvalue weighted by Gasteiger charge is 2.46. The van der Waals surface area contributed by atoms with Gasteiger partial charge in [0, 0.05) is 5.41 Å². The summed E-state index contributed by atoms with van der Waals surface area (Å²) in [5.74, 6) is -0.187. The molecule has 1 unspecified atom stereocenters. The molecule has 0 aromatic heterocycles. The van der Waals surface area contributed by atoms with E-state index in [1.807, 2.05) is 13.8 Å². The number of carbonyl (C=O) groups excluding carboxylic acids is 1. The third kappa shape index (κ3) is 2.47. The van der Waals surface area contributed by atoms with Gasteiger partial charge in [-0.05, 0) is 18.8 Å². The van der Waals surface area contributed by atoms with Crippen molar-refractivity contribution in [3.05, 3.63) is 0 Å². The summed E-state index contributed by atoms with van der Waals surface area (Å²) >= 11 is 0. The van der Waals surface area contributed by atoms with Crippen LogP contribution < -0.4 is 5.73 Å². The van der Waals surface area contributed by atoms with E-state index in [0.717, 1.165) is 6.42 Å². The standard InChI is InChI=1S/C11H23NO2/c1-6-11(14,9(12)13)10(4,5)7-8(2)3/h8,14H,6-7H2,1-5H3,(H2,12,13). The van der Waals surface area contributed by atoms with Gasteiger partial charge in [-0.15, -0.1) is 0 Å². The van der Waals surface area contributed by atoms with Crippen molar-refractivity contribution in [1.29, 1.82) is 0 Å². The minimum atomic E-state index is -1.39. The number of nitrogens with two attached hydrogens (primary N) is 1. The van der Waals surface area contributed by atoms with Gasteiger partial charge in [0.25, 0.3) is 0 Å². The van der Waals surface area contributed by atoms with E-state index in [2.05, 4.69) is 13.8 Å². The molecular formula is C11H23NO2. The van der Waals surface area contributed by atoms with Crippen molar-refractivity contribution in [3.63, 3.8) is 0 Å². The van der Waals surface area contributed by atoms with Crippen molar-refractivity contribution in [3.8, 4) is 0 Å². The Morgan fingerprint density at radius 3 is 2.07 bits per heavy atom. The van der Waals surface area contributed by atoms with Gasteiger partial charge in [0.2, 0.25) is 5.91 Å². The fourth-order valence-corrected chi connectivity index (χ4v) is 2.18. The second-order valence-electron chi connectivity index (χ2n) is 5.06. The number of aliphatic hydroxyl groups is 1. The van der Waals surface area contributed by atoms with E-state index >= 15 is 0 Å². The average molecular weight is 201 g/mol. The molecule has 0 aromatic carbocycles. The molecule has 0 aliphatic carbocycles. The second-order valence-corrected chi connectivity index (χ2v) is 5.06. The van der Waals surface area contributed by atoms with Crippen LogP contribution in [0.15, 0.2) is 0 Å². The van der Waals surface area contributed by atoms with E-state index in [0.29, 0.717) is 12.3 Å². The summed E-state index contributed by atoms with van der Waals surface area (Å²) in [6.07, 6.45) is 1.14. The molecule has 14 heavy (non-hydrogen) atoms. The lowest BCUT2D eigenvalue weighted by Gasteiger charge is -2.40. The Hall–Kier alpha value is -0.570. The molecule has 0 spiro atoms. The molecule has 1 atom stereocenters. The highest BCUT2D eigenvalue weighted by atomic mass is 16.3. The van der Waals surface area contributed by atoms with Gasteiger partial charge >= 0.3 is 0 Å². The monoisotopic (exact) mass is 201 g/mol. The third-order valence-corrected chi connectivity index (χ3v) is 2.96. The van der Waals surface area contributed by atoms with Crippen LogP contribution in [0.5, 0.6) is 0 Å². The van der Waals surface area contributed by atoms with Crippen molar-refractivity contribution in [1.82, 2.24) is 0 Å². The summed E-state index contributed by atoms with van der Waals surface area (Å²) in [7, 11) is 0. The SMILES string of the molecule is CCC(O)(C(N)=O)C(C)(C)CC(C)C. The van der Waals surface area contributed by atoms with E-state index < -0.39 is 16.9 Å². The van der Waals surface area contributed by atoms with Crippen LogP contribution in [0.3, 0.4) is 0 Å². The summed E-state index contributed by atoms with van der Waals surface area (Å²) in [5, 5.41) is 10.2. The van der Waals surface area contributed by atoms with Crippen molar-refractivity contribution < 1.29 is 9.90 Å². The first-order valence-corrected chi connectivity index (χ1v) is 5.19. The molecule has 3 N–H and O–H groups in total. The molecule has 0 aliphatic heterocycles. The van der Waals surface area contributed by atoms with Crippen LogP contribution in [0.25, 0.3) is 0 Å². The molecule has 3 heteroatoms. The molecule has 0 aromatic rings. The number of primary amides is 1. The number of hydrogen-bond donors (Lipinski definition) is 2. The molecule has 0 saturated heterocycles. The van der Waals surface area contributed by atoms with Gasteiger partial charge < -0.3 is 10.8 Å². The van der Waals surface area contributed by atoms with E-state index in [9.17, 15) is 9.90 Å². The van der Waals surface area contributed by atoms with Crippen molar-refractivity contribution in [2.45, 2.75) is 53.1 Å². The van der Waals surface area contributed by atoms with Crippen LogP contribution >= 0.6 is 0 Å². The van der Waals surface area contributed by atoms with E-state index in [1.54, 1.807) is 6.92 Å². The molecule has 0 rings (SSSR count). The van der Waals surface area contributed by atoms with Gasteiger partial charge in [-0.25, -0.2) is 0 Å². The zero-order valence-corrected chi connectivity index (χ0v) is 9.92. The Balaban J connectivity index is 4.91. The van der Waals surface area contributed by atoms with E-state index in [-0.39, 0.29) is 0 Å². The Morgan fingerprint density at radius 1 is 1.43 bits per heavy atom. The summed E-state index contributed by atoms with van der Waals surface area (Å²) in [6.45, 7) is 9.70. The van der Waals surface area contributed by atoms with E-state index in [4.69, 9.17) is 5.73 Å². The molecule has 0 bridgehead atoms. The lowest BCUT2D eigenvalue weighted by atomic mass is 9.68. The molecular weight excluding hydrogens is 178 g/mol. The summed E-state index contributed by atoms with van der Waals surface area (Å²) in [6, 6.07) is 0. The van der Waals surface area contributed by atoms with Gasteiger partial charge in [-0.1, -0.05) is 34.6 Å². The first-order valence-electron chi connectivity index (χ1n) is 5.19. The Bertz CT molecular complexity index is 211. The number of rotatable bonds is 5. The molecule has 0 fully saturated rings. The minimum Gasteiger partial charge on any atom is -0.379 e. The maximum Gasteiger partial charge on any atom is 0.249 e. The largest absolute Gasteiger partial charge is 0.379 e. The first-order chi connectivity index (χ1) is 6.17. The zero-order valence-electron chi connectivity index (χ0n) is 9.92. The lowest BCUT2D eigenvalue weighted by Crippen LogP contribution is -2.54. The number of amides is 1. The van der Waals surface area contributed by atoms with Crippen LogP contribution in [0.4, 0.5) is 0 Å². The first kappa shape index (κ1) is 13.4. The summed E-state index contributed by atoms with van der Waals surface area (Å²) < 4.78 is 0. The van der Waals surface area contributed by atoms with Gasteiger partial charge in [0.05, 0.1) is 0 Å². The van der Waals surface area contributed by atoms with Gasteiger partial charge in [-0.2, -0.15) is 0 Å². The molecule has 0 heterocycles. The topological polar surface area (TPSA) is 63.3 Å². The number of hydrogen-bond acceptors (Lipinski definition) is 2. The average Bonchev–Trinajstić information content (AvgIpc) is 1.99. The second kappa shape index (κ2) is 4.30. The highest BCUT2D eigenvalue weighted by molar-refractivity contribution is 5.84. The Kier molecular flexibility index (Phi) is 4.13. The quantitative estimate of drug-likeness (QED) is 0.711. The fourth-order valence-electron chi connectivity index (χ4n) is 2.18. The van der Waals surface area contributed by atoms with Crippen molar-refractivity contribution in [2.75, 3.05) is 0 Å². The van der Waals surface area contributed by atoms with Gasteiger partial charge in [-0.3, -0.25) is 4.79 Å². The summed E-state index contributed by atoms with van der Waals surface area (Å²) in [5.41, 5.74) is 3.39. The van der Waals surface area contributed by atoms with E-state index in [1.165, 1.54) is 0 Å². The van der Waals surface area contributed by atoms with Crippen molar-refractivity contribution in [2.24, 2.45) is 17.1 Å². The normalized spacial score (nSPS) is 16.8. The zero-order chi connectivity index (χ0) is 11.6. The summed E-state index contributed by atoms with van der Waals surface area (Å²) in [4.78, 5) is 11.3. The minimum absolute atomic E-state index is 0.363.